The molecule has 0 atom stereocenters. The van der Waals surface area contributed by atoms with Crippen LogP contribution in [0.3, 0.4) is 0 Å². The minimum Gasteiger partial charge on any atom is -0.496 e. The SMILES string of the molecule is CCc1cc(C(C)(C)c2ccc(OC(=O)Oc3ccc(-c4ccc(OC(C)=O)cc4)cc3)cc2)ccc1OC. The molecule has 0 aromatic heterocycles. The first kappa shape index (κ1) is 27.5. The summed E-state index contributed by atoms with van der Waals surface area (Å²) in [5, 5.41) is 0. The van der Waals surface area contributed by atoms with E-state index in [1.807, 2.05) is 42.5 Å². The van der Waals surface area contributed by atoms with E-state index in [0.717, 1.165) is 34.4 Å². The molecule has 200 valence electrons. The molecule has 0 N–H and O–H groups in total. The maximum atomic E-state index is 12.4. The maximum Gasteiger partial charge on any atom is 0.519 e. The van der Waals surface area contributed by atoms with E-state index < -0.39 is 6.16 Å². The number of esters is 1. The fourth-order valence-corrected chi connectivity index (χ4v) is 4.36. The molecule has 0 spiro atoms. The van der Waals surface area contributed by atoms with Gasteiger partial charge in [0.25, 0.3) is 0 Å². The van der Waals surface area contributed by atoms with Gasteiger partial charge in [0.15, 0.2) is 0 Å². The van der Waals surface area contributed by atoms with E-state index in [1.54, 1.807) is 43.5 Å². The van der Waals surface area contributed by atoms with Crippen LogP contribution in [0.5, 0.6) is 23.0 Å². The van der Waals surface area contributed by atoms with Gasteiger partial charge in [0, 0.05) is 12.3 Å². The van der Waals surface area contributed by atoms with Crippen molar-refractivity contribution < 1.29 is 28.5 Å². The fraction of sp³-hybridized carbons (Fsp3) is 0.212. The number of hydrogen-bond donors (Lipinski definition) is 0. The van der Waals surface area contributed by atoms with Crippen molar-refractivity contribution in [1.29, 1.82) is 0 Å². The Hall–Kier alpha value is -4.58. The molecule has 0 aliphatic carbocycles. The van der Waals surface area contributed by atoms with Crippen LogP contribution in [0.2, 0.25) is 0 Å². The molecule has 0 saturated carbocycles. The van der Waals surface area contributed by atoms with Gasteiger partial charge >= 0.3 is 12.1 Å². The monoisotopic (exact) mass is 524 g/mol. The van der Waals surface area contributed by atoms with Gasteiger partial charge in [0.2, 0.25) is 0 Å². The number of carbonyl (C=O) groups is 2. The average Bonchev–Trinajstić information content (AvgIpc) is 2.93. The van der Waals surface area contributed by atoms with Gasteiger partial charge in [-0.2, -0.15) is 0 Å². The van der Waals surface area contributed by atoms with E-state index in [0.29, 0.717) is 17.2 Å². The molecular formula is C33H32O6. The van der Waals surface area contributed by atoms with E-state index >= 15 is 0 Å². The molecule has 0 unspecified atom stereocenters. The second-order valence-electron chi connectivity index (χ2n) is 9.63. The number of hydrogen-bond acceptors (Lipinski definition) is 6. The summed E-state index contributed by atoms with van der Waals surface area (Å²) in [7, 11) is 1.69. The molecule has 0 fully saturated rings. The normalized spacial score (nSPS) is 11.0. The second-order valence-corrected chi connectivity index (χ2v) is 9.63. The number of methoxy groups -OCH3 is 1. The first-order chi connectivity index (χ1) is 18.7. The van der Waals surface area contributed by atoms with Gasteiger partial charge in [0.1, 0.15) is 23.0 Å². The number of carbonyl (C=O) groups excluding carboxylic acids is 2. The lowest BCUT2D eigenvalue weighted by Crippen LogP contribution is -2.19. The van der Waals surface area contributed by atoms with Gasteiger partial charge in [0.05, 0.1) is 7.11 Å². The molecular weight excluding hydrogens is 492 g/mol. The van der Waals surface area contributed by atoms with Crippen LogP contribution in [-0.4, -0.2) is 19.2 Å². The zero-order valence-corrected chi connectivity index (χ0v) is 22.8. The minimum absolute atomic E-state index is 0.252. The van der Waals surface area contributed by atoms with Crippen LogP contribution < -0.4 is 18.9 Å². The number of aryl methyl sites for hydroxylation is 1. The zero-order chi connectivity index (χ0) is 28.0. The molecule has 6 heteroatoms. The molecule has 6 nitrogen and oxygen atoms in total. The Bertz CT molecular complexity index is 1440. The summed E-state index contributed by atoms with van der Waals surface area (Å²) in [5.74, 6) is 1.77. The molecule has 0 heterocycles. The Morgan fingerprint density at radius 1 is 0.667 bits per heavy atom. The lowest BCUT2D eigenvalue weighted by Gasteiger charge is -2.27. The third kappa shape index (κ3) is 6.65. The van der Waals surface area contributed by atoms with Crippen molar-refractivity contribution in [2.75, 3.05) is 7.11 Å². The molecule has 4 aromatic rings. The van der Waals surface area contributed by atoms with Crippen LogP contribution in [0.1, 0.15) is 44.4 Å². The first-order valence-corrected chi connectivity index (χ1v) is 12.8. The summed E-state index contributed by atoms with van der Waals surface area (Å²) < 4.78 is 21.3. The Morgan fingerprint density at radius 2 is 1.13 bits per heavy atom. The van der Waals surface area contributed by atoms with Crippen LogP contribution in [0.25, 0.3) is 11.1 Å². The third-order valence-corrected chi connectivity index (χ3v) is 6.66. The molecule has 0 radical (unpaired) electrons. The summed E-state index contributed by atoms with van der Waals surface area (Å²) in [4.78, 5) is 23.5. The lowest BCUT2D eigenvalue weighted by atomic mass is 9.77. The maximum absolute atomic E-state index is 12.4. The van der Waals surface area contributed by atoms with Crippen molar-refractivity contribution >= 4 is 12.1 Å². The van der Waals surface area contributed by atoms with Crippen molar-refractivity contribution in [2.45, 2.75) is 39.5 Å². The summed E-state index contributed by atoms with van der Waals surface area (Å²) in [6.45, 7) is 7.80. The highest BCUT2D eigenvalue weighted by Gasteiger charge is 2.24. The highest BCUT2D eigenvalue weighted by atomic mass is 16.7. The third-order valence-electron chi connectivity index (χ3n) is 6.66. The highest BCUT2D eigenvalue weighted by molar-refractivity contribution is 5.71. The van der Waals surface area contributed by atoms with Crippen molar-refractivity contribution in [2.24, 2.45) is 0 Å². The Kier molecular flexibility index (Phi) is 8.35. The van der Waals surface area contributed by atoms with Gasteiger partial charge < -0.3 is 18.9 Å². The second kappa shape index (κ2) is 11.9. The molecule has 0 amide bonds. The summed E-state index contributed by atoms with van der Waals surface area (Å²) >= 11 is 0. The van der Waals surface area contributed by atoms with E-state index in [-0.39, 0.29) is 11.4 Å². The van der Waals surface area contributed by atoms with E-state index in [2.05, 4.69) is 32.9 Å². The number of benzene rings is 4. The molecule has 0 saturated heterocycles. The predicted octanol–water partition coefficient (Wildman–Crippen LogP) is 7.75. The standard InChI is InChI=1S/C33H32O6/c1-6-23-21-27(13-20-31(23)36-5)33(3,4)26-11-18-30(19-12-26)39-32(35)38-29-16-9-25(10-17-29)24-7-14-28(15-8-24)37-22(2)34/h7-21H,6H2,1-5H3. The fourth-order valence-electron chi connectivity index (χ4n) is 4.36. The number of rotatable bonds is 8. The highest BCUT2D eigenvalue weighted by Crippen LogP contribution is 2.35. The first-order valence-electron chi connectivity index (χ1n) is 12.8. The Balaban J connectivity index is 1.37. The lowest BCUT2D eigenvalue weighted by molar-refractivity contribution is -0.131. The quantitative estimate of drug-likeness (QED) is 0.133. The Labute approximate surface area is 229 Å². The van der Waals surface area contributed by atoms with Crippen LogP contribution in [-0.2, 0) is 16.6 Å². The summed E-state index contributed by atoms with van der Waals surface area (Å²) in [6, 6.07) is 28.0. The van der Waals surface area contributed by atoms with Crippen LogP contribution >= 0.6 is 0 Å². The van der Waals surface area contributed by atoms with Gasteiger partial charge in [-0.25, -0.2) is 4.79 Å². The van der Waals surface area contributed by atoms with Crippen LogP contribution in [0.15, 0.2) is 91.0 Å². The zero-order valence-electron chi connectivity index (χ0n) is 22.8. The molecule has 4 aromatic carbocycles. The molecule has 39 heavy (non-hydrogen) atoms. The molecule has 0 aliphatic rings. The predicted molar refractivity (Wildman–Crippen MR) is 151 cm³/mol. The van der Waals surface area contributed by atoms with Crippen molar-refractivity contribution in [3.63, 3.8) is 0 Å². The van der Waals surface area contributed by atoms with E-state index in [4.69, 9.17) is 18.9 Å². The van der Waals surface area contributed by atoms with E-state index in [9.17, 15) is 9.59 Å². The molecule has 0 aliphatic heterocycles. The minimum atomic E-state index is -0.816. The largest absolute Gasteiger partial charge is 0.519 e. The van der Waals surface area contributed by atoms with Crippen LogP contribution in [0.4, 0.5) is 4.79 Å². The summed E-state index contributed by atoms with van der Waals surface area (Å²) in [5.41, 5.74) is 5.03. The smallest absolute Gasteiger partial charge is 0.496 e. The van der Waals surface area contributed by atoms with Crippen molar-refractivity contribution in [1.82, 2.24) is 0 Å². The van der Waals surface area contributed by atoms with Gasteiger partial charge in [-0.05, 0) is 76.7 Å². The topological polar surface area (TPSA) is 71.1 Å². The van der Waals surface area contributed by atoms with Crippen molar-refractivity contribution in [3.05, 3.63) is 108 Å². The van der Waals surface area contributed by atoms with Gasteiger partial charge in [-0.15, -0.1) is 0 Å². The summed E-state index contributed by atoms with van der Waals surface area (Å²) in [6.07, 6.45) is 0.0679. The molecule has 0 bridgehead atoms. The van der Waals surface area contributed by atoms with Gasteiger partial charge in [-0.1, -0.05) is 69.3 Å². The molecule has 4 rings (SSSR count). The van der Waals surface area contributed by atoms with Gasteiger partial charge in [-0.3, -0.25) is 4.79 Å². The van der Waals surface area contributed by atoms with Crippen LogP contribution in [0, 0.1) is 0 Å². The van der Waals surface area contributed by atoms with E-state index in [1.165, 1.54) is 12.5 Å². The Morgan fingerprint density at radius 3 is 1.59 bits per heavy atom. The van der Waals surface area contributed by atoms with Crippen molar-refractivity contribution in [3.8, 4) is 34.1 Å². The number of ether oxygens (including phenoxy) is 4. The average molecular weight is 525 g/mol.